The summed E-state index contributed by atoms with van der Waals surface area (Å²) in [5.74, 6) is 0.208. The van der Waals surface area contributed by atoms with Crippen molar-refractivity contribution in [2.75, 3.05) is 6.54 Å². The number of carbonyl (C=O) groups is 1. The number of para-hydroxylation sites is 1. The molecule has 0 spiro atoms. The summed E-state index contributed by atoms with van der Waals surface area (Å²) in [5, 5.41) is 4.02. The Morgan fingerprint density at radius 2 is 2.17 bits per heavy atom. The quantitative estimate of drug-likeness (QED) is 0.788. The van der Waals surface area contributed by atoms with E-state index in [0.29, 0.717) is 13.0 Å². The lowest BCUT2D eigenvalue weighted by Crippen LogP contribution is -2.47. The number of piperidine rings is 1. The maximum atomic E-state index is 11.6. The molecule has 94 valence electrons. The highest BCUT2D eigenvalue weighted by molar-refractivity contribution is 5.86. The van der Waals surface area contributed by atoms with Gasteiger partial charge in [-0.2, -0.15) is 0 Å². The van der Waals surface area contributed by atoms with Crippen LogP contribution in [0.4, 0.5) is 0 Å². The molecule has 0 radical (unpaired) electrons. The van der Waals surface area contributed by atoms with Gasteiger partial charge in [0.2, 0.25) is 5.91 Å². The number of nitrogens with zero attached hydrogens (tertiary/aromatic N) is 1. The van der Waals surface area contributed by atoms with Crippen LogP contribution in [0, 0.1) is 0 Å². The molecule has 1 amide bonds. The van der Waals surface area contributed by atoms with Crippen molar-refractivity contribution in [2.24, 2.45) is 12.8 Å². The average molecular weight is 243 g/mol. The van der Waals surface area contributed by atoms with Crippen molar-refractivity contribution in [2.45, 2.75) is 18.4 Å². The van der Waals surface area contributed by atoms with Gasteiger partial charge in [-0.15, -0.1) is 0 Å². The minimum Gasteiger partial charge on any atom is -0.355 e. The summed E-state index contributed by atoms with van der Waals surface area (Å²) >= 11 is 0. The lowest BCUT2D eigenvalue weighted by Gasteiger charge is -2.28. The highest BCUT2D eigenvalue weighted by atomic mass is 16.1. The summed E-state index contributed by atoms with van der Waals surface area (Å²) < 4.78 is 2.10. The van der Waals surface area contributed by atoms with Gasteiger partial charge in [0.15, 0.2) is 0 Å². The molecular weight excluding hydrogens is 226 g/mol. The van der Waals surface area contributed by atoms with E-state index in [0.717, 1.165) is 0 Å². The predicted molar refractivity (Wildman–Crippen MR) is 71.3 cm³/mol. The van der Waals surface area contributed by atoms with E-state index >= 15 is 0 Å². The Morgan fingerprint density at radius 1 is 1.39 bits per heavy atom. The van der Waals surface area contributed by atoms with Crippen LogP contribution < -0.4 is 11.1 Å². The first-order valence-corrected chi connectivity index (χ1v) is 6.23. The van der Waals surface area contributed by atoms with E-state index in [9.17, 15) is 4.79 Å². The number of hydrogen-bond donors (Lipinski definition) is 2. The van der Waals surface area contributed by atoms with Crippen molar-refractivity contribution >= 4 is 16.8 Å². The SMILES string of the molecule is Cn1cc(C2CC(=O)NCC2N)c2ccccc21. The second-order valence-electron chi connectivity index (χ2n) is 4.99. The summed E-state index contributed by atoms with van der Waals surface area (Å²) in [6.45, 7) is 0.562. The lowest BCUT2D eigenvalue weighted by molar-refractivity contribution is -0.122. The van der Waals surface area contributed by atoms with Crippen LogP contribution in [0.1, 0.15) is 17.9 Å². The molecule has 1 saturated heterocycles. The lowest BCUT2D eigenvalue weighted by atomic mass is 9.86. The minimum atomic E-state index is -0.00601. The fourth-order valence-corrected chi connectivity index (χ4v) is 2.81. The fraction of sp³-hybridized carbons (Fsp3) is 0.357. The molecule has 0 saturated carbocycles. The third kappa shape index (κ3) is 1.69. The van der Waals surface area contributed by atoms with Crippen LogP contribution in [0.15, 0.2) is 30.5 Å². The summed E-state index contributed by atoms with van der Waals surface area (Å²) in [4.78, 5) is 11.6. The first kappa shape index (κ1) is 11.3. The molecular formula is C14H17N3O. The van der Waals surface area contributed by atoms with Crippen LogP contribution in [0.3, 0.4) is 0 Å². The van der Waals surface area contributed by atoms with Crippen molar-refractivity contribution in [3.63, 3.8) is 0 Å². The Morgan fingerprint density at radius 3 is 3.00 bits per heavy atom. The van der Waals surface area contributed by atoms with Gasteiger partial charge in [-0.1, -0.05) is 18.2 Å². The van der Waals surface area contributed by atoms with Crippen LogP contribution in [-0.2, 0) is 11.8 Å². The van der Waals surface area contributed by atoms with Crippen LogP contribution in [0.2, 0.25) is 0 Å². The smallest absolute Gasteiger partial charge is 0.220 e. The normalized spacial score (nSPS) is 24.2. The molecule has 2 heterocycles. The molecule has 3 rings (SSSR count). The summed E-state index contributed by atoms with van der Waals surface area (Å²) in [6, 6.07) is 8.24. The van der Waals surface area contributed by atoms with E-state index in [1.807, 2.05) is 19.2 Å². The molecule has 1 aliphatic heterocycles. The highest BCUT2D eigenvalue weighted by Gasteiger charge is 2.29. The van der Waals surface area contributed by atoms with Crippen LogP contribution in [0.25, 0.3) is 10.9 Å². The maximum Gasteiger partial charge on any atom is 0.220 e. The standard InChI is InChI=1S/C14H17N3O/c1-17-8-11(9-4-2-3-5-13(9)17)10-6-14(18)16-7-12(10)15/h2-5,8,10,12H,6-7,15H2,1H3,(H,16,18). The van der Waals surface area contributed by atoms with Crippen molar-refractivity contribution in [3.05, 3.63) is 36.0 Å². The molecule has 2 atom stereocenters. The maximum absolute atomic E-state index is 11.6. The van der Waals surface area contributed by atoms with E-state index < -0.39 is 0 Å². The molecule has 0 aliphatic carbocycles. The van der Waals surface area contributed by atoms with Gasteiger partial charge < -0.3 is 15.6 Å². The number of rotatable bonds is 1. The third-order valence-electron chi connectivity index (χ3n) is 3.78. The number of amides is 1. The number of aromatic nitrogens is 1. The summed E-state index contributed by atoms with van der Waals surface area (Å²) in [7, 11) is 2.03. The Balaban J connectivity index is 2.10. The van der Waals surface area contributed by atoms with E-state index in [2.05, 4.69) is 28.2 Å². The Hall–Kier alpha value is -1.81. The molecule has 1 aromatic carbocycles. The van der Waals surface area contributed by atoms with Gasteiger partial charge in [-0.05, 0) is 11.6 Å². The summed E-state index contributed by atoms with van der Waals surface area (Å²) in [6.07, 6.45) is 2.59. The van der Waals surface area contributed by atoms with Gasteiger partial charge in [-0.25, -0.2) is 0 Å². The molecule has 2 unspecified atom stereocenters. The topological polar surface area (TPSA) is 60.0 Å². The minimum absolute atomic E-state index is 0.00601. The fourth-order valence-electron chi connectivity index (χ4n) is 2.81. The molecule has 0 bridgehead atoms. The molecule has 3 N–H and O–H groups in total. The Labute approximate surface area is 106 Å². The summed E-state index contributed by atoms with van der Waals surface area (Å²) in [5.41, 5.74) is 8.53. The highest BCUT2D eigenvalue weighted by Crippen LogP contribution is 2.32. The molecule has 4 nitrogen and oxygen atoms in total. The first-order chi connectivity index (χ1) is 8.66. The second-order valence-corrected chi connectivity index (χ2v) is 4.99. The Bertz CT molecular complexity index is 602. The number of fused-ring (bicyclic) bond motifs is 1. The molecule has 1 aliphatic rings. The molecule has 1 fully saturated rings. The number of carbonyl (C=O) groups excluding carboxylic acids is 1. The van der Waals surface area contributed by atoms with Crippen LogP contribution >= 0.6 is 0 Å². The zero-order valence-corrected chi connectivity index (χ0v) is 10.4. The number of benzene rings is 1. The van der Waals surface area contributed by atoms with Crippen molar-refractivity contribution in [3.8, 4) is 0 Å². The van der Waals surface area contributed by atoms with Crippen molar-refractivity contribution < 1.29 is 4.79 Å². The predicted octanol–water partition coefficient (Wildman–Crippen LogP) is 1.11. The number of nitrogens with two attached hydrogens (primary N) is 1. The van der Waals surface area contributed by atoms with Crippen molar-refractivity contribution in [1.29, 1.82) is 0 Å². The second kappa shape index (κ2) is 4.14. The first-order valence-electron chi connectivity index (χ1n) is 6.23. The van der Waals surface area contributed by atoms with E-state index in [1.165, 1.54) is 16.5 Å². The molecule has 2 aromatic rings. The monoisotopic (exact) mass is 243 g/mol. The van der Waals surface area contributed by atoms with E-state index in [1.54, 1.807) is 0 Å². The Kier molecular flexibility index (Phi) is 2.59. The van der Waals surface area contributed by atoms with Gasteiger partial charge in [0.1, 0.15) is 0 Å². The number of aryl methyl sites for hydroxylation is 1. The average Bonchev–Trinajstić information content (AvgIpc) is 2.71. The van der Waals surface area contributed by atoms with Crippen LogP contribution in [0.5, 0.6) is 0 Å². The van der Waals surface area contributed by atoms with E-state index in [-0.39, 0.29) is 17.9 Å². The molecule has 18 heavy (non-hydrogen) atoms. The van der Waals surface area contributed by atoms with E-state index in [4.69, 9.17) is 5.73 Å². The number of nitrogens with one attached hydrogen (secondary N) is 1. The van der Waals surface area contributed by atoms with Gasteiger partial charge in [-0.3, -0.25) is 4.79 Å². The number of hydrogen-bond acceptors (Lipinski definition) is 2. The zero-order chi connectivity index (χ0) is 12.7. The largest absolute Gasteiger partial charge is 0.355 e. The van der Waals surface area contributed by atoms with Crippen LogP contribution in [-0.4, -0.2) is 23.1 Å². The van der Waals surface area contributed by atoms with Gasteiger partial charge in [0.25, 0.3) is 0 Å². The van der Waals surface area contributed by atoms with Gasteiger partial charge >= 0.3 is 0 Å². The zero-order valence-electron chi connectivity index (χ0n) is 10.4. The molecule has 4 heteroatoms. The third-order valence-corrected chi connectivity index (χ3v) is 3.78. The van der Waals surface area contributed by atoms with Gasteiger partial charge in [0.05, 0.1) is 0 Å². The van der Waals surface area contributed by atoms with Gasteiger partial charge in [0, 0.05) is 49.1 Å². The molecule has 1 aromatic heterocycles. The van der Waals surface area contributed by atoms with Crippen molar-refractivity contribution in [1.82, 2.24) is 9.88 Å².